The van der Waals surface area contributed by atoms with E-state index in [1.54, 1.807) is 0 Å². The van der Waals surface area contributed by atoms with Crippen molar-refractivity contribution in [3.63, 3.8) is 0 Å². The Morgan fingerprint density at radius 3 is 2.12 bits per heavy atom. The molecule has 12 heteroatoms. The van der Waals surface area contributed by atoms with Crippen LogP contribution in [0.3, 0.4) is 0 Å². The second-order valence-electron chi connectivity index (χ2n) is 6.30. The van der Waals surface area contributed by atoms with E-state index in [-0.39, 0.29) is 0 Å². The summed E-state index contributed by atoms with van der Waals surface area (Å²) in [5.74, 6) is -0.542. The number of carbonyl (C=O) groups is 1. The molecule has 0 aromatic carbocycles. The van der Waals surface area contributed by atoms with Gasteiger partial charge in [0.15, 0.2) is 12.6 Å². The highest BCUT2D eigenvalue weighted by Gasteiger charge is 2.47. The van der Waals surface area contributed by atoms with Crippen LogP contribution in [0.25, 0.3) is 0 Å². The molecule has 2 aliphatic heterocycles. The zero-order valence-electron chi connectivity index (χ0n) is 14.0. The van der Waals surface area contributed by atoms with Crippen LogP contribution in [-0.4, -0.2) is 116 Å². The third kappa shape index (κ3) is 4.48. The first-order valence-corrected chi connectivity index (χ1v) is 8.06. The number of ether oxygens (including phenoxy) is 3. The van der Waals surface area contributed by atoms with Gasteiger partial charge >= 0.3 is 0 Å². The fraction of sp³-hybridized carbons (Fsp3) is 0.929. The molecule has 0 aromatic rings. The van der Waals surface area contributed by atoms with Gasteiger partial charge < -0.3 is 55.3 Å². The van der Waals surface area contributed by atoms with Gasteiger partial charge in [-0.1, -0.05) is 0 Å². The van der Waals surface area contributed by atoms with Gasteiger partial charge in [0.2, 0.25) is 5.91 Å². The van der Waals surface area contributed by atoms with E-state index in [4.69, 9.17) is 19.3 Å². The van der Waals surface area contributed by atoms with Crippen LogP contribution in [0.15, 0.2) is 0 Å². The van der Waals surface area contributed by atoms with Gasteiger partial charge in [0.25, 0.3) is 0 Å². The van der Waals surface area contributed by atoms with E-state index in [1.165, 1.54) is 6.92 Å². The number of amides is 1. The first kappa shape index (κ1) is 21.4. The van der Waals surface area contributed by atoms with Gasteiger partial charge in [-0.25, -0.2) is 0 Å². The minimum absolute atomic E-state index is 0.467. The fourth-order valence-corrected chi connectivity index (χ4v) is 2.87. The molecule has 0 radical (unpaired) electrons. The van der Waals surface area contributed by atoms with Gasteiger partial charge in [0.05, 0.1) is 13.2 Å². The van der Waals surface area contributed by atoms with E-state index in [9.17, 15) is 35.4 Å². The standard InChI is InChI=1S/C14H25NO11/c1-4(17)15-7-10(20)9(19)6(25-13(7)23)3-24-14-12(22)11(21)8(18)5(2-16)26-14/h5-14,16,18-23H,2-3H2,1H3,(H,15,17). The molecule has 2 fully saturated rings. The van der Waals surface area contributed by atoms with E-state index < -0.39 is 80.5 Å². The van der Waals surface area contributed by atoms with Crippen molar-refractivity contribution in [1.29, 1.82) is 0 Å². The fourth-order valence-electron chi connectivity index (χ4n) is 2.87. The molecule has 0 aromatic heterocycles. The van der Waals surface area contributed by atoms with Crippen molar-refractivity contribution in [2.75, 3.05) is 13.2 Å². The van der Waals surface area contributed by atoms with E-state index in [2.05, 4.69) is 5.32 Å². The predicted octanol–water partition coefficient (Wildman–Crippen LogP) is -5.25. The van der Waals surface area contributed by atoms with Crippen molar-refractivity contribution in [2.45, 2.75) is 68.3 Å². The van der Waals surface area contributed by atoms with Gasteiger partial charge in [-0.3, -0.25) is 4.79 Å². The molecule has 152 valence electrons. The van der Waals surface area contributed by atoms with Gasteiger partial charge in [-0.05, 0) is 0 Å². The molecule has 26 heavy (non-hydrogen) atoms. The van der Waals surface area contributed by atoms with Crippen LogP contribution in [0.2, 0.25) is 0 Å². The number of hydrogen-bond acceptors (Lipinski definition) is 11. The first-order valence-electron chi connectivity index (χ1n) is 8.06. The summed E-state index contributed by atoms with van der Waals surface area (Å²) in [6.07, 6.45) is -13.4. The Hall–Kier alpha value is -0.930. The van der Waals surface area contributed by atoms with Crippen LogP contribution in [0.5, 0.6) is 0 Å². The highest BCUT2D eigenvalue weighted by Crippen LogP contribution is 2.24. The number of nitrogens with one attached hydrogen (secondary N) is 1. The second-order valence-corrected chi connectivity index (χ2v) is 6.30. The molecule has 12 nitrogen and oxygen atoms in total. The third-order valence-corrected chi connectivity index (χ3v) is 4.36. The predicted molar refractivity (Wildman–Crippen MR) is 80.2 cm³/mol. The van der Waals surface area contributed by atoms with Crippen molar-refractivity contribution in [2.24, 2.45) is 0 Å². The summed E-state index contributed by atoms with van der Waals surface area (Å²) in [7, 11) is 0. The van der Waals surface area contributed by atoms with Gasteiger partial charge in [-0.15, -0.1) is 0 Å². The molecule has 8 N–H and O–H groups in total. The molecule has 2 saturated heterocycles. The molecule has 10 unspecified atom stereocenters. The number of aliphatic hydroxyl groups excluding tert-OH is 7. The van der Waals surface area contributed by atoms with Crippen LogP contribution in [-0.2, 0) is 19.0 Å². The first-order chi connectivity index (χ1) is 12.2. The molecule has 0 saturated carbocycles. The van der Waals surface area contributed by atoms with Crippen molar-refractivity contribution >= 4 is 5.91 Å². The maximum Gasteiger partial charge on any atom is 0.217 e. The summed E-state index contributed by atoms with van der Waals surface area (Å²) >= 11 is 0. The summed E-state index contributed by atoms with van der Waals surface area (Å²) < 4.78 is 15.5. The maximum absolute atomic E-state index is 11.1. The number of hydrogen-bond donors (Lipinski definition) is 8. The lowest BCUT2D eigenvalue weighted by atomic mass is 9.97. The second kappa shape index (κ2) is 8.84. The van der Waals surface area contributed by atoms with Crippen molar-refractivity contribution in [3.8, 4) is 0 Å². The topological polar surface area (TPSA) is 198 Å². The zero-order valence-corrected chi connectivity index (χ0v) is 14.0. The quantitative estimate of drug-likeness (QED) is 0.226. The zero-order chi connectivity index (χ0) is 19.6. The van der Waals surface area contributed by atoms with Crippen LogP contribution in [0.1, 0.15) is 6.92 Å². The third-order valence-electron chi connectivity index (χ3n) is 4.36. The number of rotatable bonds is 5. The van der Waals surface area contributed by atoms with Crippen molar-refractivity contribution in [1.82, 2.24) is 5.32 Å². The molecule has 1 amide bonds. The largest absolute Gasteiger partial charge is 0.394 e. The average Bonchev–Trinajstić information content (AvgIpc) is 2.59. The average molecular weight is 383 g/mol. The Kier molecular flexibility index (Phi) is 7.27. The van der Waals surface area contributed by atoms with Gasteiger partial charge in [0, 0.05) is 6.92 Å². The number of aliphatic hydroxyl groups is 7. The highest BCUT2D eigenvalue weighted by atomic mass is 16.7. The van der Waals surface area contributed by atoms with Gasteiger partial charge in [-0.2, -0.15) is 0 Å². The van der Waals surface area contributed by atoms with Crippen molar-refractivity contribution < 1.29 is 54.8 Å². The smallest absolute Gasteiger partial charge is 0.217 e. The molecule has 2 heterocycles. The summed E-state index contributed by atoms with van der Waals surface area (Å²) in [5.41, 5.74) is 0. The Bertz CT molecular complexity index is 478. The minimum atomic E-state index is -1.64. The van der Waals surface area contributed by atoms with E-state index in [1.807, 2.05) is 0 Å². The monoisotopic (exact) mass is 383 g/mol. The summed E-state index contributed by atoms with van der Waals surface area (Å²) in [6.45, 7) is 0.0636. The molecule has 10 atom stereocenters. The molecule has 0 bridgehead atoms. The molecule has 2 rings (SSSR count). The van der Waals surface area contributed by atoms with E-state index in [0.29, 0.717) is 0 Å². The Balaban J connectivity index is 1.95. The lowest BCUT2D eigenvalue weighted by Crippen LogP contribution is -2.64. The summed E-state index contributed by atoms with van der Waals surface area (Å²) in [5, 5.41) is 70.6. The Labute approximate surface area is 148 Å². The summed E-state index contributed by atoms with van der Waals surface area (Å²) in [4.78, 5) is 11.1. The maximum atomic E-state index is 11.1. The normalized spacial score (nSPS) is 46.8. The SMILES string of the molecule is CC(=O)NC1C(O)OC(COC2OC(CO)C(O)C(O)C2O)C(O)C1O. The highest BCUT2D eigenvalue weighted by molar-refractivity contribution is 5.73. The van der Waals surface area contributed by atoms with Gasteiger partial charge in [0.1, 0.15) is 48.8 Å². The molecular weight excluding hydrogens is 358 g/mol. The Morgan fingerprint density at radius 2 is 1.54 bits per heavy atom. The lowest BCUT2D eigenvalue weighted by Gasteiger charge is -2.42. The lowest BCUT2D eigenvalue weighted by molar-refractivity contribution is -0.318. The number of carbonyl (C=O) groups excluding carboxylic acids is 1. The molecule has 0 aliphatic carbocycles. The van der Waals surface area contributed by atoms with Crippen LogP contribution < -0.4 is 5.32 Å². The van der Waals surface area contributed by atoms with E-state index in [0.717, 1.165) is 0 Å². The molecular formula is C14H25NO11. The van der Waals surface area contributed by atoms with Crippen LogP contribution >= 0.6 is 0 Å². The molecule has 2 aliphatic rings. The van der Waals surface area contributed by atoms with Crippen LogP contribution in [0, 0.1) is 0 Å². The summed E-state index contributed by atoms with van der Waals surface area (Å²) in [6, 6.07) is -1.24. The molecule has 0 spiro atoms. The minimum Gasteiger partial charge on any atom is -0.394 e. The van der Waals surface area contributed by atoms with Crippen molar-refractivity contribution in [3.05, 3.63) is 0 Å². The Morgan fingerprint density at radius 1 is 0.923 bits per heavy atom. The van der Waals surface area contributed by atoms with E-state index >= 15 is 0 Å². The van der Waals surface area contributed by atoms with Crippen LogP contribution in [0.4, 0.5) is 0 Å².